The van der Waals surface area contributed by atoms with Crippen LogP contribution in [0.1, 0.15) is 48.4 Å². The number of aryl methyl sites for hydroxylation is 3. The zero-order valence-electron chi connectivity index (χ0n) is 15.3. The summed E-state index contributed by atoms with van der Waals surface area (Å²) in [7, 11) is 0. The molecule has 1 aromatic rings. The van der Waals surface area contributed by atoms with Crippen LogP contribution in [0.25, 0.3) is 0 Å². The highest BCUT2D eigenvalue weighted by Crippen LogP contribution is 2.35. The molecule has 2 rings (SSSR count). The topological polar surface area (TPSA) is 53.3 Å². The Kier molecular flexibility index (Phi) is 6.15. The number of hydroxylamine groups is 2. The SMILES string of the molecule is CCON1CCC(C#N)(CC(=O)Cc2c(C)cc(C)cc2C)CC1. The summed E-state index contributed by atoms with van der Waals surface area (Å²) in [6.07, 6.45) is 2.16. The number of nitriles is 1. The van der Waals surface area contributed by atoms with Gasteiger partial charge in [0.05, 0.1) is 18.1 Å². The van der Waals surface area contributed by atoms with E-state index in [0.29, 0.717) is 32.3 Å². The van der Waals surface area contributed by atoms with Crippen molar-refractivity contribution in [2.45, 2.75) is 53.4 Å². The molecule has 1 fully saturated rings. The number of ketones is 1. The zero-order valence-corrected chi connectivity index (χ0v) is 15.3. The molecule has 130 valence electrons. The number of rotatable bonds is 6. The Morgan fingerprint density at radius 3 is 2.33 bits per heavy atom. The minimum Gasteiger partial charge on any atom is -0.299 e. The number of benzene rings is 1. The zero-order chi connectivity index (χ0) is 17.7. The Morgan fingerprint density at radius 2 is 1.83 bits per heavy atom. The van der Waals surface area contributed by atoms with Gasteiger partial charge in [-0.2, -0.15) is 10.3 Å². The molecule has 0 aliphatic carbocycles. The van der Waals surface area contributed by atoms with Gasteiger partial charge in [0.25, 0.3) is 0 Å². The summed E-state index contributed by atoms with van der Waals surface area (Å²) in [6.45, 7) is 10.2. The Hall–Kier alpha value is -1.70. The number of nitrogens with zero attached hydrogens (tertiary/aromatic N) is 2. The lowest BCUT2D eigenvalue weighted by Gasteiger charge is -2.36. The van der Waals surface area contributed by atoms with Crippen molar-refractivity contribution in [3.63, 3.8) is 0 Å². The Labute approximate surface area is 145 Å². The summed E-state index contributed by atoms with van der Waals surface area (Å²) < 4.78 is 0. The van der Waals surface area contributed by atoms with Gasteiger partial charge in [-0.15, -0.1) is 0 Å². The van der Waals surface area contributed by atoms with E-state index in [1.54, 1.807) is 0 Å². The summed E-state index contributed by atoms with van der Waals surface area (Å²) in [5.74, 6) is 0.163. The van der Waals surface area contributed by atoms with E-state index in [0.717, 1.165) is 29.8 Å². The van der Waals surface area contributed by atoms with Gasteiger partial charge in [-0.25, -0.2) is 0 Å². The quantitative estimate of drug-likeness (QED) is 0.799. The van der Waals surface area contributed by atoms with Gasteiger partial charge in [0.2, 0.25) is 0 Å². The van der Waals surface area contributed by atoms with Crippen LogP contribution in [0.3, 0.4) is 0 Å². The van der Waals surface area contributed by atoms with Crippen LogP contribution in [0.2, 0.25) is 0 Å². The van der Waals surface area contributed by atoms with Crippen molar-refractivity contribution in [2.75, 3.05) is 19.7 Å². The summed E-state index contributed by atoms with van der Waals surface area (Å²) in [5.41, 5.74) is 4.14. The highest BCUT2D eigenvalue weighted by Gasteiger charge is 2.37. The third kappa shape index (κ3) is 4.43. The molecule has 0 bridgehead atoms. The average Bonchev–Trinajstić information content (AvgIpc) is 2.53. The van der Waals surface area contributed by atoms with E-state index in [1.807, 2.05) is 12.0 Å². The van der Waals surface area contributed by atoms with Gasteiger partial charge in [-0.3, -0.25) is 9.63 Å². The molecule has 1 saturated heterocycles. The van der Waals surface area contributed by atoms with Crippen molar-refractivity contribution in [3.05, 3.63) is 34.4 Å². The molecular formula is C20H28N2O2. The molecule has 0 radical (unpaired) electrons. The van der Waals surface area contributed by atoms with Crippen LogP contribution in [0.4, 0.5) is 0 Å². The number of hydrogen-bond donors (Lipinski definition) is 0. The Bertz CT molecular complexity index is 615. The van der Waals surface area contributed by atoms with Gasteiger partial charge in [-0.05, 0) is 57.2 Å². The lowest BCUT2D eigenvalue weighted by Crippen LogP contribution is -2.40. The predicted octanol–water partition coefficient (Wildman–Crippen LogP) is 3.67. The molecule has 0 amide bonds. The molecule has 0 N–H and O–H groups in total. The summed E-state index contributed by atoms with van der Waals surface area (Å²) in [6, 6.07) is 6.67. The molecule has 0 atom stereocenters. The van der Waals surface area contributed by atoms with E-state index >= 15 is 0 Å². The molecule has 0 spiro atoms. The number of carbonyl (C=O) groups excluding carboxylic acids is 1. The van der Waals surface area contributed by atoms with Crippen LogP contribution >= 0.6 is 0 Å². The number of Topliss-reactive ketones (excluding diaryl/α,β-unsaturated/α-hetero) is 1. The summed E-state index contributed by atoms with van der Waals surface area (Å²) in [4.78, 5) is 18.1. The lowest BCUT2D eigenvalue weighted by molar-refractivity contribution is -0.175. The maximum atomic E-state index is 12.6. The van der Waals surface area contributed by atoms with Crippen LogP contribution in [0, 0.1) is 37.5 Å². The standard InChI is InChI=1S/C20H28N2O2/c1-5-24-22-8-6-20(14-21,7-9-22)13-18(23)12-19-16(3)10-15(2)11-17(19)4/h10-11H,5-9,12-13H2,1-4H3. The second-order valence-electron chi connectivity index (χ2n) is 7.01. The number of carbonyl (C=O) groups is 1. The maximum Gasteiger partial charge on any atom is 0.138 e. The van der Waals surface area contributed by atoms with Gasteiger partial charge >= 0.3 is 0 Å². The predicted molar refractivity (Wildman–Crippen MR) is 94.5 cm³/mol. The first-order valence-electron chi connectivity index (χ1n) is 8.76. The largest absolute Gasteiger partial charge is 0.299 e. The van der Waals surface area contributed by atoms with E-state index < -0.39 is 5.41 Å². The van der Waals surface area contributed by atoms with Crippen LogP contribution < -0.4 is 0 Å². The van der Waals surface area contributed by atoms with E-state index in [1.165, 1.54) is 5.56 Å². The Balaban J connectivity index is 2.02. The molecule has 0 aromatic heterocycles. The monoisotopic (exact) mass is 328 g/mol. The highest BCUT2D eigenvalue weighted by molar-refractivity contribution is 5.82. The summed E-state index contributed by atoms with van der Waals surface area (Å²) >= 11 is 0. The van der Waals surface area contributed by atoms with Crippen molar-refractivity contribution in [1.82, 2.24) is 5.06 Å². The van der Waals surface area contributed by atoms with Crippen LogP contribution in [0.5, 0.6) is 0 Å². The van der Waals surface area contributed by atoms with E-state index in [4.69, 9.17) is 4.84 Å². The lowest BCUT2D eigenvalue weighted by atomic mass is 9.75. The molecule has 4 nitrogen and oxygen atoms in total. The molecular weight excluding hydrogens is 300 g/mol. The maximum absolute atomic E-state index is 12.6. The second-order valence-corrected chi connectivity index (χ2v) is 7.01. The first kappa shape index (κ1) is 18.6. The van der Waals surface area contributed by atoms with Crippen molar-refractivity contribution in [2.24, 2.45) is 5.41 Å². The molecule has 1 aliphatic rings. The molecule has 1 aliphatic heterocycles. The normalized spacial score (nSPS) is 17.5. The fraction of sp³-hybridized carbons (Fsp3) is 0.600. The highest BCUT2D eigenvalue weighted by atomic mass is 16.7. The Morgan fingerprint density at radius 1 is 1.25 bits per heavy atom. The first-order valence-corrected chi connectivity index (χ1v) is 8.76. The van der Waals surface area contributed by atoms with Gasteiger partial charge in [0.1, 0.15) is 5.78 Å². The average molecular weight is 328 g/mol. The van der Waals surface area contributed by atoms with Gasteiger partial charge < -0.3 is 0 Å². The minimum absolute atomic E-state index is 0.163. The van der Waals surface area contributed by atoms with Crippen molar-refractivity contribution in [1.29, 1.82) is 5.26 Å². The minimum atomic E-state index is -0.531. The van der Waals surface area contributed by atoms with Crippen LogP contribution in [-0.2, 0) is 16.1 Å². The van der Waals surface area contributed by atoms with Crippen molar-refractivity contribution >= 4 is 5.78 Å². The second kappa shape index (κ2) is 7.92. The first-order chi connectivity index (χ1) is 11.4. The molecule has 4 heteroatoms. The van der Waals surface area contributed by atoms with Crippen molar-refractivity contribution in [3.8, 4) is 6.07 Å². The number of hydrogen-bond acceptors (Lipinski definition) is 4. The molecule has 0 saturated carbocycles. The van der Waals surface area contributed by atoms with E-state index in [-0.39, 0.29) is 5.78 Å². The third-order valence-corrected chi connectivity index (χ3v) is 4.98. The smallest absolute Gasteiger partial charge is 0.138 e. The molecule has 1 aromatic carbocycles. The van der Waals surface area contributed by atoms with Crippen molar-refractivity contribution < 1.29 is 9.63 Å². The summed E-state index contributed by atoms with van der Waals surface area (Å²) in [5, 5.41) is 11.6. The third-order valence-electron chi connectivity index (χ3n) is 4.98. The van der Waals surface area contributed by atoms with Gasteiger partial charge in [0, 0.05) is 25.9 Å². The molecule has 0 unspecified atom stereocenters. The number of piperidine rings is 1. The van der Waals surface area contributed by atoms with E-state index in [2.05, 4.69) is 39.0 Å². The van der Waals surface area contributed by atoms with Crippen LogP contribution in [0.15, 0.2) is 12.1 Å². The van der Waals surface area contributed by atoms with Gasteiger partial charge in [0.15, 0.2) is 0 Å². The van der Waals surface area contributed by atoms with Crippen LogP contribution in [-0.4, -0.2) is 30.5 Å². The fourth-order valence-corrected chi connectivity index (χ4v) is 3.68. The van der Waals surface area contributed by atoms with E-state index in [9.17, 15) is 10.1 Å². The van der Waals surface area contributed by atoms with Gasteiger partial charge in [-0.1, -0.05) is 17.7 Å². The molecule has 24 heavy (non-hydrogen) atoms. The fourth-order valence-electron chi connectivity index (χ4n) is 3.68. The molecule has 1 heterocycles.